The second-order valence-corrected chi connectivity index (χ2v) is 12.3. The summed E-state index contributed by atoms with van der Waals surface area (Å²) in [6, 6.07) is 15.3. The molecule has 0 amide bonds. The minimum Gasteiger partial charge on any atom is -0.508 e. The molecule has 0 bridgehead atoms. The van der Waals surface area contributed by atoms with Gasteiger partial charge in [0.1, 0.15) is 11.5 Å². The van der Waals surface area contributed by atoms with Crippen molar-refractivity contribution < 1.29 is 23.5 Å². The zero-order valence-corrected chi connectivity index (χ0v) is 22.6. The summed E-state index contributed by atoms with van der Waals surface area (Å²) in [6.45, 7) is 6.66. The van der Waals surface area contributed by atoms with Gasteiger partial charge in [-0.2, -0.15) is 0 Å². The molecule has 5 nitrogen and oxygen atoms in total. The van der Waals surface area contributed by atoms with E-state index in [9.17, 15) is 9.67 Å². The largest absolute Gasteiger partial charge is 0.508 e. The van der Waals surface area contributed by atoms with E-state index in [1.54, 1.807) is 6.07 Å². The molecule has 36 heavy (non-hydrogen) atoms. The number of halogens is 1. The second kappa shape index (κ2) is 10.2. The molecule has 1 N–H and O–H groups in total. The number of phenols is 1. The normalized spacial score (nSPS) is 23.4. The van der Waals surface area contributed by atoms with Crippen molar-refractivity contribution in [3.8, 4) is 11.5 Å². The first-order valence-corrected chi connectivity index (χ1v) is 14.6. The van der Waals surface area contributed by atoms with Crippen LogP contribution in [0.3, 0.4) is 0 Å². The van der Waals surface area contributed by atoms with Gasteiger partial charge in [0.2, 0.25) is 0 Å². The van der Waals surface area contributed by atoms with E-state index in [0.29, 0.717) is 35.5 Å². The van der Waals surface area contributed by atoms with Crippen LogP contribution in [0.15, 0.2) is 48.5 Å². The summed E-state index contributed by atoms with van der Waals surface area (Å²) in [6.07, 6.45) is 3.01. The Hall–Kier alpha value is -2.30. The molecule has 1 saturated heterocycles. The average molecular weight is 527 g/mol. The maximum absolute atomic E-state index is 13.3. The van der Waals surface area contributed by atoms with Gasteiger partial charge in [0.25, 0.3) is 0 Å². The lowest BCUT2D eigenvalue weighted by Crippen LogP contribution is -2.17. The Morgan fingerprint density at radius 3 is 2.64 bits per heavy atom. The third-order valence-electron chi connectivity index (χ3n) is 7.35. The molecule has 1 aliphatic heterocycles. The van der Waals surface area contributed by atoms with Gasteiger partial charge in [-0.25, -0.2) is 0 Å². The van der Waals surface area contributed by atoms with Crippen LogP contribution < -0.4 is 4.74 Å². The number of fused-ring (bicyclic) bond motifs is 1. The predicted octanol–water partition coefficient (Wildman–Crippen LogP) is 8.01. The van der Waals surface area contributed by atoms with Crippen LogP contribution in [0, 0.1) is 13.8 Å². The SMILES string of the molecule is Cc1cc(OC[P@]2(=O)OCC[C@@H](c3cccc(Cl)c3)O2)cc(C)c1Cc1ccc(O)c2c1CCC2C. The summed E-state index contributed by atoms with van der Waals surface area (Å²) in [5, 5.41) is 11.0. The highest BCUT2D eigenvalue weighted by Crippen LogP contribution is 2.56. The first-order chi connectivity index (χ1) is 17.2. The Balaban J connectivity index is 1.29. The smallest absolute Gasteiger partial charge is 0.368 e. The maximum Gasteiger partial charge on any atom is 0.368 e. The molecule has 0 aromatic heterocycles. The van der Waals surface area contributed by atoms with Crippen molar-refractivity contribution in [1.82, 2.24) is 0 Å². The van der Waals surface area contributed by atoms with Crippen molar-refractivity contribution >= 4 is 19.2 Å². The molecule has 1 heterocycles. The third kappa shape index (κ3) is 5.21. The molecule has 0 radical (unpaired) electrons. The van der Waals surface area contributed by atoms with Crippen LogP contribution in [0.4, 0.5) is 0 Å². The molecule has 3 aromatic rings. The van der Waals surface area contributed by atoms with Crippen LogP contribution >= 0.6 is 19.2 Å². The van der Waals surface area contributed by atoms with Crippen LogP contribution in [0.1, 0.15) is 70.7 Å². The molecule has 2 aliphatic rings. The van der Waals surface area contributed by atoms with Gasteiger partial charge in [-0.15, -0.1) is 0 Å². The molecule has 1 fully saturated rings. The van der Waals surface area contributed by atoms with Gasteiger partial charge in [0.05, 0.1) is 12.7 Å². The van der Waals surface area contributed by atoms with E-state index in [1.165, 1.54) is 16.7 Å². The van der Waals surface area contributed by atoms with Gasteiger partial charge >= 0.3 is 7.60 Å². The third-order valence-corrected chi connectivity index (χ3v) is 9.19. The first kappa shape index (κ1) is 25.4. The minimum absolute atomic E-state index is 0.147. The molecule has 1 unspecified atom stereocenters. The van der Waals surface area contributed by atoms with Crippen molar-refractivity contribution in [2.45, 2.75) is 58.5 Å². The molecular formula is C29H32ClO5P. The summed E-state index contributed by atoms with van der Waals surface area (Å²) in [7, 11) is -3.42. The number of aryl methyl sites for hydroxylation is 2. The molecule has 190 valence electrons. The van der Waals surface area contributed by atoms with Crippen LogP contribution in [-0.4, -0.2) is 18.1 Å². The van der Waals surface area contributed by atoms with Crippen LogP contribution in [0.25, 0.3) is 0 Å². The number of benzene rings is 3. The van der Waals surface area contributed by atoms with Crippen molar-refractivity contribution in [3.05, 3.63) is 92.5 Å². The zero-order chi connectivity index (χ0) is 25.4. The Bertz CT molecular complexity index is 1310. The molecule has 0 saturated carbocycles. The number of hydrogen-bond donors (Lipinski definition) is 1. The fraction of sp³-hybridized carbons (Fsp3) is 0.379. The van der Waals surface area contributed by atoms with Crippen molar-refractivity contribution in [1.29, 1.82) is 0 Å². The Morgan fingerprint density at radius 2 is 1.89 bits per heavy atom. The van der Waals surface area contributed by atoms with Gasteiger partial charge in [0.15, 0.2) is 6.35 Å². The van der Waals surface area contributed by atoms with Crippen LogP contribution in [-0.2, 0) is 26.5 Å². The molecular weight excluding hydrogens is 495 g/mol. The number of hydrogen-bond acceptors (Lipinski definition) is 5. The highest BCUT2D eigenvalue weighted by atomic mass is 35.5. The topological polar surface area (TPSA) is 65.0 Å². The van der Waals surface area contributed by atoms with E-state index in [-0.39, 0.29) is 12.5 Å². The molecule has 3 atom stereocenters. The second-order valence-electron chi connectivity index (χ2n) is 9.94. The van der Waals surface area contributed by atoms with Crippen LogP contribution in [0.2, 0.25) is 5.02 Å². The molecule has 3 aromatic carbocycles. The van der Waals surface area contributed by atoms with E-state index < -0.39 is 7.60 Å². The highest BCUT2D eigenvalue weighted by molar-refractivity contribution is 7.53. The highest BCUT2D eigenvalue weighted by Gasteiger charge is 2.35. The lowest BCUT2D eigenvalue weighted by Gasteiger charge is -2.30. The van der Waals surface area contributed by atoms with Crippen molar-refractivity contribution in [2.24, 2.45) is 0 Å². The van der Waals surface area contributed by atoms with Crippen molar-refractivity contribution in [3.63, 3.8) is 0 Å². The number of ether oxygens (including phenoxy) is 1. The fourth-order valence-electron chi connectivity index (χ4n) is 5.45. The van der Waals surface area contributed by atoms with Crippen LogP contribution in [0.5, 0.6) is 11.5 Å². The summed E-state index contributed by atoms with van der Waals surface area (Å²) in [5.74, 6) is 1.45. The molecule has 1 aliphatic carbocycles. The minimum atomic E-state index is -3.42. The molecule has 7 heteroatoms. The Labute approximate surface area is 217 Å². The van der Waals surface area contributed by atoms with Gasteiger partial charge < -0.3 is 14.4 Å². The zero-order valence-electron chi connectivity index (χ0n) is 20.9. The summed E-state index contributed by atoms with van der Waals surface area (Å²) >= 11 is 6.12. The first-order valence-electron chi connectivity index (χ1n) is 12.5. The number of phenolic OH excluding ortho intramolecular Hbond substituents is 1. The maximum atomic E-state index is 13.3. The van der Waals surface area contributed by atoms with E-state index >= 15 is 0 Å². The molecule has 5 rings (SSSR count). The van der Waals surface area contributed by atoms with Gasteiger partial charge in [0, 0.05) is 17.0 Å². The Kier molecular flexibility index (Phi) is 7.20. The monoisotopic (exact) mass is 526 g/mol. The lowest BCUT2D eigenvalue weighted by atomic mass is 9.91. The predicted molar refractivity (Wildman–Crippen MR) is 143 cm³/mol. The summed E-state index contributed by atoms with van der Waals surface area (Å²) in [5.41, 5.74) is 8.02. The van der Waals surface area contributed by atoms with Gasteiger partial charge in [-0.05, 0) is 103 Å². The lowest BCUT2D eigenvalue weighted by molar-refractivity contribution is 0.0725. The van der Waals surface area contributed by atoms with E-state index in [4.69, 9.17) is 25.4 Å². The number of aromatic hydroxyl groups is 1. The average Bonchev–Trinajstić information content (AvgIpc) is 3.24. The summed E-state index contributed by atoms with van der Waals surface area (Å²) in [4.78, 5) is 0. The molecule has 0 spiro atoms. The fourth-order valence-corrected chi connectivity index (χ4v) is 7.15. The van der Waals surface area contributed by atoms with E-state index in [2.05, 4.69) is 26.8 Å². The quantitative estimate of drug-likeness (QED) is 0.329. The van der Waals surface area contributed by atoms with Crippen molar-refractivity contribution in [2.75, 3.05) is 13.0 Å². The standard InChI is InChI=1S/C29H32ClO5P/c1-18-7-9-25-21(8-10-27(31)29(18)25)16-26-19(2)13-24(14-20(26)3)33-17-36(32)34-12-11-28(35-36)22-5-4-6-23(30)15-22/h4-6,8,10,13-15,18,28,31H,7,9,11-12,16-17H2,1-3H3/t18?,28-,36-/m0/s1. The Morgan fingerprint density at radius 1 is 1.11 bits per heavy atom. The van der Waals surface area contributed by atoms with E-state index in [1.807, 2.05) is 36.4 Å². The van der Waals surface area contributed by atoms with E-state index in [0.717, 1.165) is 41.5 Å². The number of rotatable bonds is 6. The van der Waals surface area contributed by atoms with Gasteiger partial charge in [-0.3, -0.25) is 9.09 Å². The summed E-state index contributed by atoms with van der Waals surface area (Å²) < 4.78 is 30.7. The van der Waals surface area contributed by atoms with Gasteiger partial charge in [-0.1, -0.05) is 36.7 Å².